The maximum absolute atomic E-state index is 6.34. The number of ether oxygens (including phenoxy) is 1. The van der Waals surface area contributed by atoms with Gasteiger partial charge in [0.15, 0.2) is 0 Å². The summed E-state index contributed by atoms with van der Waals surface area (Å²) < 4.78 is 6.34. The molecule has 0 aliphatic heterocycles. The molecule has 0 radical (unpaired) electrons. The summed E-state index contributed by atoms with van der Waals surface area (Å²) in [4.78, 5) is 0. The first kappa shape index (κ1) is 17.0. The van der Waals surface area contributed by atoms with Crippen LogP contribution in [0.2, 0.25) is 0 Å². The Morgan fingerprint density at radius 3 is 1.95 bits per heavy atom. The van der Waals surface area contributed by atoms with Crippen LogP contribution in [0.5, 0.6) is 0 Å². The van der Waals surface area contributed by atoms with Crippen molar-refractivity contribution < 1.29 is 4.74 Å². The maximum Gasteiger partial charge on any atom is 0.0840 e. The summed E-state index contributed by atoms with van der Waals surface area (Å²) in [5.41, 5.74) is 0.737. The quantitative estimate of drug-likeness (QED) is 0.799. The van der Waals surface area contributed by atoms with Crippen molar-refractivity contribution in [2.75, 3.05) is 13.2 Å². The van der Waals surface area contributed by atoms with Crippen LogP contribution in [-0.4, -0.2) is 24.8 Å². The second-order valence-electron chi connectivity index (χ2n) is 8.02. The van der Waals surface area contributed by atoms with Crippen LogP contribution in [-0.2, 0) is 4.74 Å². The summed E-state index contributed by atoms with van der Waals surface area (Å²) in [5.74, 6) is 0. The van der Waals surface area contributed by atoms with Gasteiger partial charge < -0.3 is 10.1 Å². The third-order valence-corrected chi connectivity index (χ3v) is 4.68. The molecule has 1 fully saturated rings. The minimum atomic E-state index is 0.0263. The number of nitrogens with one attached hydrogen (secondary N) is 1. The van der Waals surface area contributed by atoms with Crippen molar-refractivity contribution in [2.24, 2.45) is 10.8 Å². The third kappa shape index (κ3) is 4.19. The molecule has 19 heavy (non-hydrogen) atoms. The second kappa shape index (κ2) is 6.13. The molecule has 114 valence electrons. The largest absolute Gasteiger partial charge is 0.374 e. The first-order valence-electron chi connectivity index (χ1n) is 8.04. The predicted molar refractivity (Wildman–Crippen MR) is 83.5 cm³/mol. The van der Waals surface area contributed by atoms with Crippen LogP contribution in [0.25, 0.3) is 0 Å². The molecule has 1 aliphatic rings. The molecule has 1 saturated carbocycles. The van der Waals surface area contributed by atoms with Crippen LogP contribution in [0.1, 0.15) is 74.1 Å². The molecule has 1 N–H and O–H groups in total. The van der Waals surface area contributed by atoms with Gasteiger partial charge in [0.1, 0.15) is 0 Å². The Labute approximate surface area is 120 Å². The van der Waals surface area contributed by atoms with Gasteiger partial charge in [-0.3, -0.25) is 0 Å². The fraction of sp³-hybridized carbons (Fsp3) is 1.00. The zero-order valence-electron chi connectivity index (χ0n) is 14.2. The third-order valence-electron chi connectivity index (χ3n) is 4.68. The van der Waals surface area contributed by atoms with Crippen LogP contribution in [0.4, 0.5) is 0 Å². The molecule has 0 aromatic carbocycles. The van der Waals surface area contributed by atoms with Gasteiger partial charge in [-0.2, -0.15) is 0 Å². The van der Waals surface area contributed by atoms with E-state index in [0.717, 1.165) is 13.2 Å². The van der Waals surface area contributed by atoms with E-state index >= 15 is 0 Å². The molecule has 0 bridgehead atoms. The van der Waals surface area contributed by atoms with Gasteiger partial charge in [0.25, 0.3) is 0 Å². The molecular weight excluding hydrogens is 234 g/mol. The monoisotopic (exact) mass is 269 g/mol. The highest BCUT2D eigenvalue weighted by Gasteiger charge is 2.48. The van der Waals surface area contributed by atoms with Crippen molar-refractivity contribution in [1.82, 2.24) is 5.32 Å². The van der Waals surface area contributed by atoms with Gasteiger partial charge in [0.2, 0.25) is 0 Å². The van der Waals surface area contributed by atoms with E-state index in [-0.39, 0.29) is 11.0 Å². The van der Waals surface area contributed by atoms with Crippen LogP contribution < -0.4 is 5.32 Å². The van der Waals surface area contributed by atoms with Crippen LogP contribution >= 0.6 is 0 Å². The van der Waals surface area contributed by atoms with Crippen molar-refractivity contribution in [3.05, 3.63) is 0 Å². The van der Waals surface area contributed by atoms with Gasteiger partial charge in [-0.05, 0) is 50.0 Å². The Kier molecular flexibility index (Phi) is 5.48. The first-order chi connectivity index (χ1) is 8.67. The summed E-state index contributed by atoms with van der Waals surface area (Å²) in [5, 5.41) is 3.72. The standard InChI is InChI=1S/C17H35NO/c1-8-18-14(15(3,4)5)17(19-9-2)12-10-16(6,7)11-13-17/h14,18H,8-13H2,1-7H3. The zero-order valence-corrected chi connectivity index (χ0v) is 14.2. The average molecular weight is 269 g/mol. The minimum absolute atomic E-state index is 0.0263. The lowest BCUT2D eigenvalue weighted by molar-refractivity contribution is -0.126. The Balaban J connectivity index is 2.97. The van der Waals surface area contributed by atoms with Gasteiger partial charge in [-0.25, -0.2) is 0 Å². The van der Waals surface area contributed by atoms with Gasteiger partial charge in [0.05, 0.1) is 5.60 Å². The van der Waals surface area contributed by atoms with E-state index in [9.17, 15) is 0 Å². The molecule has 2 heteroatoms. The van der Waals surface area contributed by atoms with E-state index < -0.39 is 0 Å². The van der Waals surface area contributed by atoms with E-state index in [0.29, 0.717) is 11.5 Å². The van der Waals surface area contributed by atoms with E-state index in [4.69, 9.17) is 4.74 Å². The SMILES string of the molecule is CCNC(C(C)(C)C)C1(OCC)CCC(C)(C)CC1. The van der Waals surface area contributed by atoms with Crippen LogP contribution in [0.15, 0.2) is 0 Å². The predicted octanol–water partition coefficient (Wildman–Crippen LogP) is 4.39. The Morgan fingerprint density at radius 1 is 1.05 bits per heavy atom. The number of hydrogen-bond acceptors (Lipinski definition) is 2. The summed E-state index contributed by atoms with van der Waals surface area (Å²) in [7, 11) is 0. The molecule has 0 saturated heterocycles. The van der Waals surface area contributed by atoms with Gasteiger partial charge in [-0.1, -0.05) is 41.5 Å². The van der Waals surface area contributed by atoms with Crippen molar-refractivity contribution in [2.45, 2.75) is 85.8 Å². The van der Waals surface area contributed by atoms with Crippen molar-refractivity contribution in [3.8, 4) is 0 Å². The lowest BCUT2D eigenvalue weighted by Crippen LogP contribution is -2.60. The highest BCUT2D eigenvalue weighted by Crippen LogP contribution is 2.46. The van der Waals surface area contributed by atoms with E-state index in [1.165, 1.54) is 25.7 Å². The summed E-state index contributed by atoms with van der Waals surface area (Å²) >= 11 is 0. The molecule has 2 nitrogen and oxygen atoms in total. The Hall–Kier alpha value is -0.0800. The zero-order chi connectivity index (χ0) is 14.7. The van der Waals surface area contributed by atoms with Crippen molar-refractivity contribution in [1.29, 1.82) is 0 Å². The number of likely N-dealkylation sites (N-methyl/N-ethyl adjacent to an activating group) is 1. The average Bonchev–Trinajstić information content (AvgIpc) is 2.28. The summed E-state index contributed by atoms with van der Waals surface area (Å²) in [6, 6.07) is 0.432. The molecule has 0 spiro atoms. The van der Waals surface area contributed by atoms with Gasteiger partial charge in [0, 0.05) is 12.6 Å². The lowest BCUT2D eigenvalue weighted by atomic mass is 9.64. The van der Waals surface area contributed by atoms with Gasteiger partial charge in [-0.15, -0.1) is 0 Å². The van der Waals surface area contributed by atoms with E-state index in [1.807, 2.05) is 0 Å². The normalized spacial score (nSPS) is 24.2. The van der Waals surface area contributed by atoms with E-state index in [2.05, 4.69) is 53.8 Å². The van der Waals surface area contributed by atoms with Crippen molar-refractivity contribution in [3.63, 3.8) is 0 Å². The molecule has 0 aromatic heterocycles. The number of hydrogen-bond donors (Lipinski definition) is 1. The molecule has 0 aromatic rings. The van der Waals surface area contributed by atoms with Gasteiger partial charge >= 0.3 is 0 Å². The minimum Gasteiger partial charge on any atom is -0.374 e. The van der Waals surface area contributed by atoms with E-state index in [1.54, 1.807) is 0 Å². The molecule has 0 heterocycles. The summed E-state index contributed by atoms with van der Waals surface area (Å²) in [6.45, 7) is 17.9. The molecule has 1 atom stereocenters. The smallest absolute Gasteiger partial charge is 0.0840 e. The lowest BCUT2D eigenvalue weighted by Gasteiger charge is -2.52. The summed E-state index contributed by atoms with van der Waals surface area (Å²) in [6.07, 6.45) is 4.90. The van der Waals surface area contributed by atoms with Crippen LogP contribution in [0, 0.1) is 10.8 Å². The fourth-order valence-corrected chi connectivity index (χ4v) is 3.64. The maximum atomic E-state index is 6.34. The fourth-order valence-electron chi connectivity index (χ4n) is 3.64. The molecule has 1 unspecified atom stereocenters. The Morgan fingerprint density at radius 2 is 1.58 bits per heavy atom. The van der Waals surface area contributed by atoms with Crippen molar-refractivity contribution >= 4 is 0 Å². The number of rotatable bonds is 5. The highest BCUT2D eigenvalue weighted by atomic mass is 16.5. The molecule has 1 aliphatic carbocycles. The molecule has 1 rings (SSSR count). The topological polar surface area (TPSA) is 21.3 Å². The molecular formula is C17H35NO. The van der Waals surface area contributed by atoms with Crippen LogP contribution in [0.3, 0.4) is 0 Å². The Bertz CT molecular complexity index is 267. The first-order valence-corrected chi connectivity index (χ1v) is 8.04. The highest BCUT2D eigenvalue weighted by molar-refractivity contribution is 5.03. The molecule has 0 amide bonds. The second-order valence-corrected chi connectivity index (χ2v) is 8.02.